The van der Waals surface area contributed by atoms with Crippen molar-refractivity contribution >= 4 is 23.2 Å². The van der Waals surface area contributed by atoms with E-state index in [1.165, 1.54) is 0 Å². The highest BCUT2D eigenvalue weighted by Gasteiger charge is 2.23. The van der Waals surface area contributed by atoms with Gasteiger partial charge in [-0.15, -0.1) is 0 Å². The molecule has 26 heavy (non-hydrogen) atoms. The average Bonchev–Trinajstić information content (AvgIpc) is 3.44. The molecule has 0 heterocycles. The van der Waals surface area contributed by atoms with Crippen LogP contribution in [-0.4, -0.2) is 31.5 Å². The fourth-order valence-corrected chi connectivity index (χ4v) is 2.58. The molecule has 1 aliphatic carbocycles. The SMILES string of the molecule is COc1ccc(NCC(=O)Nc2cccc(C(=O)NC3CC3)c2)c(C)c1. The van der Waals surface area contributed by atoms with E-state index < -0.39 is 0 Å². The number of ether oxygens (including phenoxy) is 1. The van der Waals surface area contributed by atoms with Crippen molar-refractivity contribution in [3.63, 3.8) is 0 Å². The van der Waals surface area contributed by atoms with Gasteiger partial charge in [0.2, 0.25) is 5.91 Å². The molecule has 1 fully saturated rings. The van der Waals surface area contributed by atoms with E-state index in [4.69, 9.17) is 4.74 Å². The van der Waals surface area contributed by atoms with Crippen LogP contribution in [0.2, 0.25) is 0 Å². The zero-order chi connectivity index (χ0) is 18.5. The summed E-state index contributed by atoms with van der Waals surface area (Å²) in [7, 11) is 1.62. The summed E-state index contributed by atoms with van der Waals surface area (Å²) in [5.74, 6) is 0.495. The quantitative estimate of drug-likeness (QED) is 0.715. The molecule has 0 aliphatic heterocycles. The number of hydrogen-bond donors (Lipinski definition) is 3. The van der Waals surface area contributed by atoms with Crippen molar-refractivity contribution in [3.8, 4) is 5.75 Å². The van der Waals surface area contributed by atoms with E-state index >= 15 is 0 Å². The van der Waals surface area contributed by atoms with E-state index in [2.05, 4.69) is 16.0 Å². The fraction of sp³-hybridized carbons (Fsp3) is 0.300. The Kier molecular flexibility index (Phi) is 5.41. The minimum Gasteiger partial charge on any atom is -0.497 e. The molecule has 1 aliphatic rings. The molecule has 0 saturated heterocycles. The number of aryl methyl sites for hydroxylation is 1. The van der Waals surface area contributed by atoms with Crippen LogP contribution in [0, 0.1) is 6.92 Å². The molecule has 0 aromatic heterocycles. The standard InChI is InChI=1S/C20H23N3O3/c1-13-10-17(26-2)8-9-18(13)21-12-19(24)22-16-5-3-4-14(11-16)20(25)23-15-6-7-15/h3-5,8-11,15,21H,6-7,12H2,1-2H3,(H,22,24)(H,23,25). The van der Waals surface area contributed by atoms with Gasteiger partial charge in [-0.25, -0.2) is 0 Å². The molecular weight excluding hydrogens is 330 g/mol. The highest BCUT2D eigenvalue weighted by atomic mass is 16.5. The molecule has 3 N–H and O–H groups in total. The first-order valence-corrected chi connectivity index (χ1v) is 8.64. The van der Waals surface area contributed by atoms with Crippen molar-refractivity contribution in [2.24, 2.45) is 0 Å². The summed E-state index contributed by atoms with van der Waals surface area (Å²) in [6.45, 7) is 2.08. The van der Waals surface area contributed by atoms with Crippen molar-refractivity contribution in [1.29, 1.82) is 0 Å². The van der Waals surface area contributed by atoms with Crippen molar-refractivity contribution in [3.05, 3.63) is 53.6 Å². The van der Waals surface area contributed by atoms with Crippen molar-refractivity contribution in [2.75, 3.05) is 24.3 Å². The minimum atomic E-state index is -0.181. The number of carbonyl (C=O) groups is 2. The second-order valence-electron chi connectivity index (χ2n) is 6.41. The van der Waals surface area contributed by atoms with E-state index in [1.807, 2.05) is 25.1 Å². The normalized spacial score (nSPS) is 13.0. The third kappa shape index (κ3) is 4.75. The zero-order valence-corrected chi connectivity index (χ0v) is 15.0. The average molecular weight is 353 g/mol. The van der Waals surface area contributed by atoms with Crippen molar-refractivity contribution in [1.82, 2.24) is 5.32 Å². The lowest BCUT2D eigenvalue weighted by Gasteiger charge is -2.12. The van der Waals surface area contributed by atoms with Crippen LogP contribution < -0.4 is 20.7 Å². The van der Waals surface area contributed by atoms with E-state index in [0.29, 0.717) is 17.3 Å². The van der Waals surface area contributed by atoms with Gasteiger partial charge in [-0.1, -0.05) is 6.07 Å². The van der Waals surface area contributed by atoms with E-state index in [1.54, 1.807) is 31.4 Å². The molecule has 2 aromatic carbocycles. The van der Waals surface area contributed by atoms with Gasteiger partial charge < -0.3 is 20.7 Å². The van der Waals surface area contributed by atoms with Gasteiger partial charge in [0, 0.05) is 23.0 Å². The highest BCUT2D eigenvalue weighted by Crippen LogP contribution is 2.21. The largest absolute Gasteiger partial charge is 0.497 e. The first-order valence-electron chi connectivity index (χ1n) is 8.64. The number of anilines is 2. The maximum atomic E-state index is 12.2. The first kappa shape index (κ1) is 17.8. The van der Waals surface area contributed by atoms with Gasteiger partial charge >= 0.3 is 0 Å². The highest BCUT2D eigenvalue weighted by molar-refractivity contribution is 5.98. The van der Waals surface area contributed by atoms with Gasteiger partial charge in [0.1, 0.15) is 5.75 Å². The van der Waals surface area contributed by atoms with Gasteiger partial charge in [-0.3, -0.25) is 9.59 Å². The Morgan fingerprint density at radius 1 is 1.15 bits per heavy atom. The molecule has 6 nitrogen and oxygen atoms in total. The Hall–Kier alpha value is -3.02. The number of nitrogens with one attached hydrogen (secondary N) is 3. The Labute approximate surface area is 152 Å². The third-order valence-corrected chi connectivity index (χ3v) is 4.19. The Bertz CT molecular complexity index is 816. The van der Waals surface area contributed by atoms with E-state index in [0.717, 1.165) is 29.8 Å². The predicted molar refractivity (Wildman–Crippen MR) is 102 cm³/mol. The molecule has 136 valence electrons. The number of amides is 2. The summed E-state index contributed by atoms with van der Waals surface area (Å²) in [5, 5.41) is 8.86. The Balaban J connectivity index is 1.55. The molecule has 1 saturated carbocycles. The lowest BCUT2D eigenvalue weighted by Crippen LogP contribution is -2.26. The van der Waals surface area contributed by atoms with Crippen molar-refractivity contribution < 1.29 is 14.3 Å². The zero-order valence-electron chi connectivity index (χ0n) is 15.0. The Morgan fingerprint density at radius 3 is 2.65 bits per heavy atom. The number of methoxy groups -OCH3 is 1. The van der Waals surface area contributed by atoms with Crippen LogP contribution in [0.5, 0.6) is 5.75 Å². The molecule has 0 radical (unpaired) electrons. The van der Waals surface area contributed by atoms with Crippen LogP contribution in [0.4, 0.5) is 11.4 Å². The van der Waals surface area contributed by atoms with E-state index in [9.17, 15) is 9.59 Å². The van der Waals surface area contributed by atoms with Crippen molar-refractivity contribution in [2.45, 2.75) is 25.8 Å². The predicted octanol–water partition coefficient (Wildman–Crippen LogP) is 2.95. The summed E-state index contributed by atoms with van der Waals surface area (Å²) in [6.07, 6.45) is 2.08. The summed E-state index contributed by atoms with van der Waals surface area (Å²) in [6, 6.07) is 12.9. The molecule has 0 bridgehead atoms. The topological polar surface area (TPSA) is 79.5 Å². The molecule has 2 aromatic rings. The smallest absolute Gasteiger partial charge is 0.251 e. The fourth-order valence-electron chi connectivity index (χ4n) is 2.58. The van der Waals surface area contributed by atoms with Gasteiger partial charge in [-0.05, 0) is 61.7 Å². The molecule has 6 heteroatoms. The number of benzene rings is 2. The number of rotatable bonds is 7. The van der Waals surface area contributed by atoms with Gasteiger partial charge in [-0.2, -0.15) is 0 Å². The number of hydrogen-bond acceptors (Lipinski definition) is 4. The first-order chi connectivity index (χ1) is 12.5. The molecule has 2 amide bonds. The van der Waals surface area contributed by atoms with E-state index in [-0.39, 0.29) is 18.4 Å². The lowest BCUT2D eigenvalue weighted by molar-refractivity contribution is -0.114. The van der Waals surface area contributed by atoms with Crippen LogP contribution in [0.1, 0.15) is 28.8 Å². The van der Waals surface area contributed by atoms with Crippen LogP contribution in [0.25, 0.3) is 0 Å². The molecule has 3 rings (SSSR count). The molecule has 0 atom stereocenters. The Morgan fingerprint density at radius 2 is 1.96 bits per heavy atom. The van der Waals surface area contributed by atoms with Crippen LogP contribution in [0.15, 0.2) is 42.5 Å². The molecular formula is C20H23N3O3. The lowest BCUT2D eigenvalue weighted by atomic mass is 10.2. The maximum Gasteiger partial charge on any atom is 0.251 e. The maximum absolute atomic E-state index is 12.2. The summed E-state index contributed by atoms with van der Waals surface area (Å²) < 4.78 is 5.17. The number of carbonyl (C=O) groups excluding carboxylic acids is 2. The van der Waals surface area contributed by atoms with Gasteiger partial charge in [0.25, 0.3) is 5.91 Å². The molecule has 0 spiro atoms. The summed E-state index contributed by atoms with van der Waals surface area (Å²) >= 11 is 0. The molecule has 0 unspecified atom stereocenters. The van der Waals surface area contributed by atoms with Crippen LogP contribution in [0.3, 0.4) is 0 Å². The minimum absolute atomic E-state index is 0.101. The second-order valence-corrected chi connectivity index (χ2v) is 6.41. The van der Waals surface area contributed by atoms with Crippen LogP contribution in [-0.2, 0) is 4.79 Å². The monoisotopic (exact) mass is 353 g/mol. The summed E-state index contributed by atoms with van der Waals surface area (Å²) in [4.78, 5) is 24.3. The van der Waals surface area contributed by atoms with Crippen LogP contribution >= 0.6 is 0 Å². The summed E-state index contributed by atoms with van der Waals surface area (Å²) in [5.41, 5.74) is 3.02. The second kappa shape index (κ2) is 7.91. The third-order valence-electron chi connectivity index (χ3n) is 4.19. The van der Waals surface area contributed by atoms with Gasteiger partial charge in [0.05, 0.1) is 13.7 Å². The van der Waals surface area contributed by atoms with Gasteiger partial charge in [0.15, 0.2) is 0 Å².